The van der Waals surface area contributed by atoms with Crippen molar-refractivity contribution in [3.8, 4) is 11.4 Å². The topological polar surface area (TPSA) is 48.0 Å². The van der Waals surface area contributed by atoms with Crippen molar-refractivity contribution < 1.29 is 0 Å². The van der Waals surface area contributed by atoms with Gasteiger partial charge in [0.15, 0.2) is 11.0 Å². The Bertz CT molecular complexity index is 965. The van der Waals surface area contributed by atoms with E-state index < -0.39 is 0 Å². The van der Waals surface area contributed by atoms with Crippen LogP contribution in [0.3, 0.4) is 0 Å². The van der Waals surface area contributed by atoms with Gasteiger partial charge in [-0.15, -0.1) is 21.5 Å². The Morgan fingerprint density at radius 2 is 2.16 bits per heavy atom. The molecule has 0 atom stereocenters. The highest BCUT2D eigenvalue weighted by Gasteiger charge is 2.13. The molecule has 0 amide bonds. The van der Waals surface area contributed by atoms with Gasteiger partial charge in [-0.3, -0.25) is 0 Å². The lowest BCUT2D eigenvalue weighted by atomic mass is 10.2. The minimum absolute atomic E-state index is 0.776. The summed E-state index contributed by atoms with van der Waals surface area (Å²) < 4.78 is 4.11. The number of hydrogen-bond donors (Lipinski definition) is 0. The monoisotopic (exact) mass is 369 g/mol. The number of fused-ring (bicyclic) bond motifs is 1. The minimum Gasteiger partial charge on any atom is -0.307 e. The van der Waals surface area contributed by atoms with Crippen molar-refractivity contribution in [2.75, 3.05) is 0 Å². The number of thiophene rings is 1. The largest absolute Gasteiger partial charge is 0.307 e. The van der Waals surface area contributed by atoms with Crippen LogP contribution in [0.2, 0.25) is 0 Å². The van der Waals surface area contributed by atoms with Crippen molar-refractivity contribution in [3.05, 3.63) is 52.6 Å². The second-order valence-electron chi connectivity index (χ2n) is 5.90. The number of aromatic nitrogens is 5. The summed E-state index contributed by atoms with van der Waals surface area (Å²) in [5, 5.41) is 11.8. The number of rotatable bonds is 6. The van der Waals surface area contributed by atoms with E-state index in [4.69, 9.17) is 0 Å². The van der Waals surface area contributed by atoms with Gasteiger partial charge in [-0.25, -0.2) is 4.98 Å². The number of nitrogens with zero attached hydrogens (tertiary/aromatic N) is 5. The Hall–Kier alpha value is -2.12. The zero-order chi connectivity index (χ0) is 17.2. The fourth-order valence-electron chi connectivity index (χ4n) is 2.76. The lowest BCUT2D eigenvalue weighted by molar-refractivity contribution is 0.793. The summed E-state index contributed by atoms with van der Waals surface area (Å²) in [7, 11) is 2.03. The molecule has 0 saturated carbocycles. The molecule has 7 heteroatoms. The molecule has 128 valence electrons. The van der Waals surface area contributed by atoms with Crippen LogP contribution in [0.1, 0.15) is 23.9 Å². The van der Waals surface area contributed by atoms with Gasteiger partial charge >= 0.3 is 0 Å². The first-order chi connectivity index (χ1) is 12.2. The lowest BCUT2D eigenvalue weighted by Crippen LogP contribution is -1.94. The normalized spacial score (nSPS) is 11.4. The van der Waals surface area contributed by atoms with Crippen molar-refractivity contribution in [1.29, 1.82) is 0 Å². The molecule has 0 bridgehead atoms. The summed E-state index contributed by atoms with van der Waals surface area (Å²) in [6.45, 7) is 2.20. The zero-order valence-corrected chi connectivity index (χ0v) is 15.8. The quantitative estimate of drug-likeness (QED) is 0.472. The molecule has 4 aromatic heterocycles. The van der Waals surface area contributed by atoms with Gasteiger partial charge in [0.1, 0.15) is 5.65 Å². The highest BCUT2D eigenvalue weighted by molar-refractivity contribution is 7.98. The van der Waals surface area contributed by atoms with Crippen LogP contribution in [0, 0.1) is 0 Å². The number of aryl methyl sites for hydroxylation is 1. The average molecular weight is 370 g/mol. The van der Waals surface area contributed by atoms with Crippen LogP contribution in [0.25, 0.3) is 17.0 Å². The Morgan fingerprint density at radius 3 is 3.00 bits per heavy atom. The molecule has 0 aromatic carbocycles. The van der Waals surface area contributed by atoms with E-state index >= 15 is 0 Å². The molecule has 0 saturated heterocycles. The van der Waals surface area contributed by atoms with Gasteiger partial charge in [0, 0.05) is 41.0 Å². The molecule has 4 aromatic rings. The third-order valence-electron chi connectivity index (χ3n) is 4.01. The van der Waals surface area contributed by atoms with Crippen LogP contribution in [0.15, 0.2) is 47.2 Å². The molecule has 0 radical (unpaired) electrons. The van der Waals surface area contributed by atoms with E-state index in [2.05, 4.69) is 44.3 Å². The molecular weight excluding hydrogens is 350 g/mol. The van der Waals surface area contributed by atoms with E-state index in [9.17, 15) is 0 Å². The fourth-order valence-corrected chi connectivity index (χ4v) is 4.53. The van der Waals surface area contributed by atoms with Crippen LogP contribution >= 0.6 is 23.1 Å². The van der Waals surface area contributed by atoms with Gasteiger partial charge in [-0.05, 0) is 24.6 Å². The van der Waals surface area contributed by atoms with Gasteiger partial charge in [-0.2, -0.15) is 0 Å². The van der Waals surface area contributed by atoms with E-state index in [1.807, 2.05) is 35.8 Å². The maximum Gasteiger partial charge on any atom is 0.191 e. The van der Waals surface area contributed by atoms with E-state index in [1.54, 1.807) is 23.1 Å². The van der Waals surface area contributed by atoms with Gasteiger partial charge in [0.2, 0.25) is 0 Å². The number of hydrogen-bond acceptors (Lipinski definition) is 5. The third-order valence-corrected chi connectivity index (χ3v) is 6.06. The van der Waals surface area contributed by atoms with Crippen molar-refractivity contribution >= 4 is 28.7 Å². The van der Waals surface area contributed by atoms with E-state index in [0.29, 0.717) is 0 Å². The Morgan fingerprint density at radius 1 is 1.24 bits per heavy atom. The zero-order valence-electron chi connectivity index (χ0n) is 14.2. The molecule has 0 aliphatic heterocycles. The van der Waals surface area contributed by atoms with E-state index in [-0.39, 0.29) is 0 Å². The summed E-state index contributed by atoms with van der Waals surface area (Å²) in [6, 6.07) is 8.25. The highest BCUT2D eigenvalue weighted by atomic mass is 32.2. The predicted octanol–water partition coefficient (Wildman–Crippen LogP) is 4.44. The molecule has 0 spiro atoms. The van der Waals surface area contributed by atoms with Crippen LogP contribution in [0.5, 0.6) is 0 Å². The van der Waals surface area contributed by atoms with Gasteiger partial charge in [-0.1, -0.05) is 31.2 Å². The van der Waals surface area contributed by atoms with Gasteiger partial charge in [0.25, 0.3) is 0 Å². The molecule has 0 N–H and O–H groups in total. The second-order valence-corrected chi connectivity index (χ2v) is 7.84. The van der Waals surface area contributed by atoms with Crippen LogP contribution in [0.4, 0.5) is 0 Å². The average Bonchev–Trinajstić information content (AvgIpc) is 3.31. The van der Waals surface area contributed by atoms with Crippen molar-refractivity contribution in [2.45, 2.75) is 30.7 Å². The maximum absolute atomic E-state index is 4.63. The third kappa shape index (κ3) is 3.34. The maximum atomic E-state index is 4.63. The standard InChI is InChI=1S/C18H19N5S2/c1-3-6-15-9-13(11-24-15)17-20-21-18(22(17)2)25-12-14-10-23-8-5-4-7-16(23)19-14/h4-5,7-11H,3,6,12H2,1-2H3. The predicted molar refractivity (Wildman–Crippen MR) is 103 cm³/mol. The first-order valence-electron chi connectivity index (χ1n) is 8.27. The summed E-state index contributed by atoms with van der Waals surface area (Å²) in [5.41, 5.74) is 3.17. The summed E-state index contributed by atoms with van der Waals surface area (Å²) >= 11 is 3.46. The van der Waals surface area contributed by atoms with E-state index in [0.717, 1.165) is 40.1 Å². The minimum atomic E-state index is 0.776. The number of thioether (sulfide) groups is 1. The van der Waals surface area contributed by atoms with Crippen LogP contribution in [-0.2, 0) is 19.2 Å². The summed E-state index contributed by atoms with van der Waals surface area (Å²) in [6.07, 6.45) is 6.37. The smallest absolute Gasteiger partial charge is 0.191 e. The molecule has 0 aliphatic carbocycles. The first kappa shape index (κ1) is 16.4. The molecule has 0 unspecified atom stereocenters. The summed E-state index contributed by atoms with van der Waals surface area (Å²) in [4.78, 5) is 6.03. The molecular formula is C18H19N5S2. The first-order valence-corrected chi connectivity index (χ1v) is 10.1. The Balaban J connectivity index is 1.50. The highest BCUT2D eigenvalue weighted by Crippen LogP contribution is 2.28. The molecule has 25 heavy (non-hydrogen) atoms. The van der Waals surface area contributed by atoms with Gasteiger partial charge < -0.3 is 8.97 Å². The number of imidazole rings is 1. The fraction of sp³-hybridized carbons (Fsp3) is 0.278. The Labute approximate surface area is 154 Å². The Kier molecular flexibility index (Phi) is 4.59. The van der Waals surface area contributed by atoms with Crippen molar-refractivity contribution in [1.82, 2.24) is 24.1 Å². The van der Waals surface area contributed by atoms with Crippen LogP contribution < -0.4 is 0 Å². The molecule has 4 rings (SSSR count). The SMILES string of the molecule is CCCc1cc(-c2nnc(SCc3cn4ccccc4n3)n2C)cs1. The summed E-state index contributed by atoms with van der Waals surface area (Å²) in [5.74, 6) is 1.70. The molecule has 0 aliphatic rings. The molecule has 4 heterocycles. The number of pyridine rings is 1. The second kappa shape index (κ2) is 7.01. The van der Waals surface area contributed by atoms with Crippen LogP contribution in [-0.4, -0.2) is 24.1 Å². The lowest BCUT2D eigenvalue weighted by Gasteiger charge is -2.01. The van der Waals surface area contributed by atoms with Gasteiger partial charge in [0.05, 0.1) is 5.69 Å². The molecule has 0 fully saturated rings. The van der Waals surface area contributed by atoms with Crippen molar-refractivity contribution in [3.63, 3.8) is 0 Å². The van der Waals surface area contributed by atoms with E-state index in [1.165, 1.54) is 11.3 Å². The van der Waals surface area contributed by atoms with Crippen molar-refractivity contribution in [2.24, 2.45) is 7.05 Å². The molecule has 5 nitrogen and oxygen atoms in total.